The van der Waals surface area contributed by atoms with Crippen LogP contribution < -0.4 is 10.9 Å². The number of halogens is 1. The zero-order valence-electron chi connectivity index (χ0n) is 16.1. The minimum Gasteiger partial charge on any atom is -0.325 e. The highest BCUT2D eigenvalue weighted by molar-refractivity contribution is 7.99. The number of amides is 1. The molecule has 0 fully saturated rings. The lowest BCUT2D eigenvalue weighted by atomic mass is 10.1. The minimum atomic E-state index is -0.192. The number of hydrogen-bond donors (Lipinski definition) is 1. The SMILES string of the molecule is CCc1ccccc1NC(=O)CSc1nc2ccsc2c(=O)n1-c1ccccc1Cl. The number of fused-ring (bicyclic) bond motifs is 1. The van der Waals surface area contributed by atoms with Gasteiger partial charge in [-0.2, -0.15) is 0 Å². The average Bonchev–Trinajstić information content (AvgIpc) is 3.23. The molecule has 0 unspecified atom stereocenters. The van der Waals surface area contributed by atoms with Crippen molar-refractivity contribution in [1.82, 2.24) is 9.55 Å². The highest BCUT2D eigenvalue weighted by atomic mass is 35.5. The summed E-state index contributed by atoms with van der Waals surface area (Å²) in [4.78, 5) is 30.4. The van der Waals surface area contributed by atoms with E-state index in [-0.39, 0.29) is 17.2 Å². The third-order valence-electron chi connectivity index (χ3n) is 4.55. The van der Waals surface area contributed by atoms with E-state index in [0.29, 0.717) is 26.1 Å². The molecular formula is C22H18ClN3O2S2. The number of rotatable bonds is 6. The van der Waals surface area contributed by atoms with Gasteiger partial charge in [0.05, 0.1) is 22.0 Å². The number of carbonyl (C=O) groups excluding carboxylic acids is 1. The number of anilines is 1. The van der Waals surface area contributed by atoms with Gasteiger partial charge in [0.2, 0.25) is 5.91 Å². The molecule has 2 aromatic carbocycles. The normalized spacial score (nSPS) is 11.0. The van der Waals surface area contributed by atoms with E-state index in [4.69, 9.17) is 11.6 Å². The van der Waals surface area contributed by atoms with Gasteiger partial charge in [0.1, 0.15) is 4.70 Å². The molecule has 0 aliphatic heterocycles. The number of thiophene rings is 1. The summed E-state index contributed by atoms with van der Waals surface area (Å²) in [7, 11) is 0. The Hall–Kier alpha value is -2.61. The molecule has 4 aromatic rings. The molecule has 152 valence electrons. The van der Waals surface area contributed by atoms with E-state index in [0.717, 1.165) is 17.7 Å². The van der Waals surface area contributed by atoms with Gasteiger partial charge in [-0.15, -0.1) is 11.3 Å². The molecule has 0 bridgehead atoms. The summed E-state index contributed by atoms with van der Waals surface area (Å²) in [6.45, 7) is 2.04. The average molecular weight is 456 g/mol. The molecule has 1 amide bonds. The van der Waals surface area contributed by atoms with Gasteiger partial charge in [-0.1, -0.05) is 60.6 Å². The molecule has 30 heavy (non-hydrogen) atoms. The standard InChI is InChI=1S/C22H18ClN3O2S2/c1-2-14-7-3-5-9-16(14)24-19(27)13-30-22-25-17-11-12-29-20(17)21(28)26(22)18-10-6-4-8-15(18)23/h3-12H,2,13H2,1H3,(H,24,27). The van der Waals surface area contributed by atoms with Crippen molar-refractivity contribution >= 4 is 56.5 Å². The van der Waals surface area contributed by atoms with Crippen molar-refractivity contribution in [3.8, 4) is 5.69 Å². The van der Waals surface area contributed by atoms with Crippen molar-refractivity contribution in [2.75, 3.05) is 11.1 Å². The Labute approximate surface area is 186 Å². The van der Waals surface area contributed by atoms with Crippen LogP contribution in [-0.2, 0) is 11.2 Å². The zero-order valence-corrected chi connectivity index (χ0v) is 18.5. The summed E-state index contributed by atoms with van der Waals surface area (Å²) in [5, 5.41) is 5.66. The van der Waals surface area contributed by atoms with Crippen molar-refractivity contribution in [3.05, 3.63) is 80.9 Å². The van der Waals surface area contributed by atoms with Crippen LogP contribution in [-0.4, -0.2) is 21.2 Å². The second-order valence-electron chi connectivity index (χ2n) is 6.47. The van der Waals surface area contributed by atoms with Crippen LogP contribution in [0.3, 0.4) is 0 Å². The van der Waals surface area contributed by atoms with Crippen LogP contribution in [0.5, 0.6) is 0 Å². The van der Waals surface area contributed by atoms with Crippen molar-refractivity contribution in [2.45, 2.75) is 18.5 Å². The van der Waals surface area contributed by atoms with Crippen molar-refractivity contribution in [2.24, 2.45) is 0 Å². The Kier molecular flexibility index (Phi) is 6.22. The fourth-order valence-corrected chi connectivity index (χ4v) is 4.89. The summed E-state index contributed by atoms with van der Waals surface area (Å²) >= 11 is 8.91. The van der Waals surface area contributed by atoms with Gasteiger partial charge in [0.25, 0.3) is 5.56 Å². The number of nitrogens with one attached hydrogen (secondary N) is 1. The smallest absolute Gasteiger partial charge is 0.276 e. The first-order chi connectivity index (χ1) is 14.6. The van der Waals surface area contributed by atoms with Gasteiger partial charge in [0, 0.05) is 5.69 Å². The predicted molar refractivity (Wildman–Crippen MR) is 125 cm³/mol. The maximum Gasteiger partial charge on any atom is 0.276 e. The van der Waals surface area contributed by atoms with E-state index in [1.54, 1.807) is 24.3 Å². The van der Waals surface area contributed by atoms with E-state index in [9.17, 15) is 9.59 Å². The quantitative estimate of drug-likeness (QED) is 0.312. The van der Waals surface area contributed by atoms with Crippen LogP contribution in [0.1, 0.15) is 12.5 Å². The summed E-state index contributed by atoms with van der Waals surface area (Å²) in [5.74, 6) is -0.0452. The van der Waals surface area contributed by atoms with E-state index in [1.165, 1.54) is 27.7 Å². The molecule has 2 aromatic heterocycles. The first kappa shape index (κ1) is 20.7. The molecule has 0 atom stereocenters. The monoisotopic (exact) mass is 455 g/mol. The Morgan fingerprint density at radius 3 is 2.73 bits per heavy atom. The zero-order chi connectivity index (χ0) is 21.1. The summed E-state index contributed by atoms with van der Waals surface area (Å²) in [6, 6.07) is 16.6. The largest absolute Gasteiger partial charge is 0.325 e. The van der Waals surface area contributed by atoms with E-state index in [1.807, 2.05) is 42.6 Å². The summed E-state index contributed by atoms with van der Waals surface area (Å²) in [6.07, 6.45) is 0.825. The first-order valence-electron chi connectivity index (χ1n) is 9.34. The Balaban J connectivity index is 1.65. The van der Waals surface area contributed by atoms with Crippen LogP contribution in [0.4, 0.5) is 5.69 Å². The molecule has 4 rings (SSSR count). The van der Waals surface area contributed by atoms with Crippen LogP contribution in [0.25, 0.3) is 15.9 Å². The number of hydrogen-bond acceptors (Lipinski definition) is 5. The number of nitrogens with zero attached hydrogens (tertiary/aromatic N) is 2. The Morgan fingerprint density at radius 2 is 1.93 bits per heavy atom. The number of para-hydroxylation sites is 2. The molecule has 0 saturated carbocycles. The highest BCUT2D eigenvalue weighted by Crippen LogP contribution is 2.27. The van der Waals surface area contributed by atoms with Crippen LogP contribution in [0.2, 0.25) is 5.02 Å². The van der Waals surface area contributed by atoms with Gasteiger partial charge < -0.3 is 5.32 Å². The molecular weight excluding hydrogens is 438 g/mol. The molecule has 0 saturated heterocycles. The van der Waals surface area contributed by atoms with Crippen molar-refractivity contribution < 1.29 is 4.79 Å². The lowest BCUT2D eigenvalue weighted by molar-refractivity contribution is -0.113. The summed E-state index contributed by atoms with van der Waals surface area (Å²) < 4.78 is 2.04. The second kappa shape index (κ2) is 9.04. The van der Waals surface area contributed by atoms with Gasteiger partial charge in [0.15, 0.2) is 5.16 Å². The topological polar surface area (TPSA) is 64.0 Å². The number of aromatic nitrogens is 2. The predicted octanol–water partition coefficient (Wildman–Crippen LogP) is 5.39. The molecule has 8 heteroatoms. The lowest BCUT2D eigenvalue weighted by Crippen LogP contribution is -2.22. The van der Waals surface area contributed by atoms with E-state index < -0.39 is 0 Å². The number of carbonyl (C=O) groups is 1. The van der Waals surface area contributed by atoms with Gasteiger partial charge in [-0.05, 0) is 41.6 Å². The number of aryl methyl sites for hydroxylation is 1. The van der Waals surface area contributed by atoms with Crippen LogP contribution >= 0.6 is 34.7 Å². The maximum absolute atomic E-state index is 13.1. The molecule has 0 aliphatic rings. The van der Waals surface area contributed by atoms with Gasteiger partial charge >= 0.3 is 0 Å². The Morgan fingerprint density at radius 1 is 1.17 bits per heavy atom. The lowest BCUT2D eigenvalue weighted by Gasteiger charge is -2.14. The van der Waals surface area contributed by atoms with Crippen LogP contribution in [0.15, 0.2) is 69.9 Å². The molecule has 2 heterocycles. The van der Waals surface area contributed by atoms with Crippen molar-refractivity contribution in [3.63, 3.8) is 0 Å². The second-order valence-corrected chi connectivity index (χ2v) is 8.73. The number of benzene rings is 2. The molecule has 0 spiro atoms. The van der Waals surface area contributed by atoms with Crippen LogP contribution in [0, 0.1) is 0 Å². The summed E-state index contributed by atoms with van der Waals surface area (Å²) in [5.41, 5.74) is 2.85. The van der Waals surface area contributed by atoms with Gasteiger partial charge in [-0.25, -0.2) is 4.98 Å². The third-order valence-corrected chi connectivity index (χ3v) is 6.70. The molecule has 5 nitrogen and oxygen atoms in total. The minimum absolute atomic E-state index is 0.116. The highest BCUT2D eigenvalue weighted by Gasteiger charge is 2.17. The molecule has 0 radical (unpaired) electrons. The molecule has 0 aliphatic carbocycles. The Bertz CT molecular complexity index is 1280. The van der Waals surface area contributed by atoms with E-state index in [2.05, 4.69) is 10.3 Å². The third kappa shape index (κ3) is 4.14. The molecule has 1 N–H and O–H groups in total. The first-order valence-corrected chi connectivity index (χ1v) is 11.6. The maximum atomic E-state index is 13.1. The fourth-order valence-electron chi connectivity index (χ4n) is 3.10. The number of thioether (sulfide) groups is 1. The van der Waals surface area contributed by atoms with Crippen molar-refractivity contribution in [1.29, 1.82) is 0 Å². The van der Waals surface area contributed by atoms with Gasteiger partial charge in [-0.3, -0.25) is 14.2 Å². The van der Waals surface area contributed by atoms with E-state index >= 15 is 0 Å². The fraction of sp³-hybridized carbons (Fsp3) is 0.136.